The molecule has 3 heterocycles. The van der Waals surface area contributed by atoms with Crippen molar-refractivity contribution in [2.75, 3.05) is 7.11 Å². The number of aryl methyl sites for hydroxylation is 1. The third-order valence-corrected chi connectivity index (χ3v) is 5.94. The number of amides is 1. The summed E-state index contributed by atoms with van der Waals surface area (Å²) in [6, 6.07) is 6.36. The van der Waals surface area contributed by atoms with Crippen LogP contribution in [0.5, 0.6) is 5.88 Å². The number of halogens is 3. The van der Waals surface area contributed by atoms with E-state index < -0.39 is 23.5 Å². The van der Waals surface area contributed by atoms with Crippen LogP contribution in [0.25, 0.3) is 11.3 Å². The van der Waals surface area contributed by atoms with Gasteiger partial charge in [-0.25, -0.2) is 18.2 Å². The molecule has 4 rings (SSSR count). The number of carbonyl (C=O) groups is 1. The van der Waals surface area contributed by atoms with Crippen molar-refractivity contribution in [2.45, 2.75) is 38.8 Å². The summed E-state index contributed by atoms with van der Waals surface area (Å²) < 4.78 is 48.0. The predicted octanol–water partition coefficient (Wildman–Crippen LogP) is 4.45. The third-order valence-electron chi connectivity index (χ3n) is 5.94. The highest BCUT2D eigenvalue weighted by Gasteiger charge is 2.39. The third kappa shape index (κ3) is 3.51. The molecule has 6 nitrogen and oxygen atoms in total. The van der Waals surface area contributed by atoms with E-state index in [-0.39, 0.29) is 23.2 Å². The van der Waals surface area contributed by atoms with Crippen molar-refractivity contribution in [3.05, 3.63) is 64.7 Å². The molecule has 1 amide bonds. The summed E-state index contributed by atoms with van der Waals surface area (Å²) in [6.07, 6.45) is 1.09. The average Bonchev–Trinajstić information content (AvgIpc) is 3.12. The number of hydrogen-bond donors (Lipinski definition) is 0. The predicted molar refractivity (Wildman–Crippen MR) is 112 cm³/mol. The van der Waals surface area contributed by atoms with Crippen LogP contribution in [0.4, 0.5) is 13.2 Å². The lowest BCUT2D eigenvalue weighted by atomic mass is 9.89. The second-order valence-corrected chi connectivity index (χ2v) is 7.81. The Balaban J connectivity index is 1.78. The maximum atomic E-state index is 13.9. The molecule has 3 aromatic rings. The Morgan fingerprint density at radius 3 is 2.53 bits per heavy atom. The summed E-state index contributed by atoms with van der Waals surface area (Å²) in [5.41, 5.74) is 2.40. The molecule has 1 aromatic carbocycles. The minimum atomic E-state index is -1.51. The summed E-state index contributed by atoms with van der Waals surface area (Å²) in [5, 5.41) is 4.56. The molecular weight excluding hydrogens is 421 g/mol. The monoisotopic (exact) mass is 444 g/mol. The molecule has 2 aromatic heterocycles. The fourth-order valence-corrected chi connectivity index (χ4v) is 4.42. The van der Waals surface area contributed by atoms with Crippen molar-refractivity contribution in [2.24, 2.45) is 7.05 Å². The summed E-state index contributed by atoms with van der Waals surface area (Å²) in [6.45, 7) is 3.83. The number of methoxy groups -OCH3 is 1. The van der Waals surface area contributed by atoms with Crippen LogP contribution in [-0.4, -0.2) is 38.7 Å². The summed E-state index contributed by atoms with van der Waals surface area (Å²) in [4.78, 5) is 19.4. The van der Waals surface area contributed by atoms with E-state index in [1.807, 2.05) is 13.8 Å². The van der Waals surface area contributed by atoms with E-state index in [4.69, 9.17) is 4.74 Å². The quantitative estimate of drug-likeness (QED) is 0.558. The highest BCUT2D eigenvalue weighted by molar-refractivity contribution is 5.93. The molecule has 0 N–H and O–H groups in total. The largest absolute Gasteiger partial charge is 0.481 e. The average molecular weight is 444 g/mol. The molecule has 0 spiro atoms. The maximum absolute atomic E-state index is 13.9. The fraction of sp³-hybridized carbons (Fsp3) is 0.348. The van der Waals surface area contributed by atoms with E-state index in [1.165, 1.54) is 11.8 Å². The first-order valence-corrected chi connectivity index (χ1v) is 10.3. The highest BCUT2D eigenvalue weighted by Crippen LogP contribution is 2.39. The number of ether oxygens (including phenoxy) is 1. The second-order valence-electron chi connectivity index (χ2n) is 7.81. The van der Waals surface area contributed by atoms with Gasteiger partial charge in [-0.15, -0.1) is 0 Å². The summed E-state index contributed by atoms with van der Waals surface area (Å²) in [7, 11) is 3.15. The molecule has 0 aliphatic carbocycles. The Bertz CT molecular complexity index is 1170. The van der Waals surface area contributed by atoms with Crippen LogP contribution in [0.3, 0.4) is 0 Å². The normalized spacial score (nSPS) is 17.9. The number of pyridine rings is 1. The standard InChI is InChI=1S/C23H23F3N4O2/c1-5-14-11-15-21(12(2)30(14)23(31)18-7-6-8-19(27-18)32-4)28-29(3)22(15)13-9-16(24)20(26)17(25)10-13/h6-10,12,14H,5,11H2,1-4H3. The molecule has 2 atom stereocenters. The van der Waals surface area contributed by atoms with Gasteiger partial charge in [-0.3, -0.25) is 9.48 Å². The molecule has 0 saturated carbocycles. The minimum Gasteiger partial charge on any atom is -0.481 e. The Hall–Kier alpha value is -3.36. The zero-order valence-corrected chi connectivity index (χ0v) is 18.2. The van der Waals surface area contributed by atoms with Crippen LogP contribution in [-0.2, 0) is 13.5 Å². The Labute approximate surface area is 183 Å². The van der Waals surface area contributed by atoms with E-state index in [9.17, 15) is 18.0 Å². The summed E-state index contributed by atoms with van der Waals surface area (Å²) >= 11 is 0. The summed E-state index contributed by atoms with van der Waals surface area (Å²) in [5.74, 6) is -3.93. The molecule has 1 aliphatic heterocycles. The van der Waals surface area contributed by atoms with Gasteiger partial charge >= 0.3 is 0 Å². The van der Waals surface area contributed by atoms with Crippen molar-refractivity contribution in [1.29, 1.82) is 0 Å². The molecule has 0 bridgehead atoms. The zero-order valence-electron chi connectivity index (χ0n) is 18.2. The number of fused-ring (bicyclic) bond motifs is 1. The lowest BCUT2D eigenvalue weighted by Crippen LogP contribution is -2.46. The van der Waals surface area contributed by atoms with Crippen molar-refractivity contribution >= 4 is 5.91 Å². The molecule has 1 aliphatic rings. The SMILES string of the molecule is CCC1Cc2c(nn(C)c2-c2cc(F)c(F)c(F)c2)C(C)N1C(=O)c1cccc(OC)n1. The van der Waals surface area contributed by atoms with Crippen molar-refractivity contribution in [3.8, 4) is 17.1 Å². The van der Waals surface area contributed by atoms with Gasteiger partial charge in [0.2, 0.25) is 5.88 Å². The number of nitrogens with zero attached hydrogens (tertiary/aromatic N) is 4. The molecule has 0 saturated heterocycles. The molecule has 168 valence electrons. The molecule has 2 unspecified atom stereocenters. The van der Waals surface area contributed by atoms with Gasteiger partial charge in [0.05, 0.1) is 24.5 Å². The van der Waals surface area contributed by atoms with E-state index in [2.05, 4.69) is 10.1 Å². The van der Waals surface area contributed by atoms with E-state index in [1.54, 1.807) is 30.1 Å². The van der Waals surface area contributed by atoms with Crippen LogP contribution >= 0.6 is 0 Å². The van der Waals surface area contributed by atoms with Gasteiger partial charge in [0.25, 0.3) is 5.91 Å². The van der Waals surface area contributed by atoms with Crippen molar-refractivity contribution < 1.29 is 22.7 Å². The Morgan fingerprint density at radius 1 is 1.22 bits per heavy atom. The van der Waals surface area contributed by atoms with Crippen LogP contribution in [0.15, 0.2) is 30.3 Å². The number of hydrogen-bond acceptors (Lipinski definition) is 4. The first-order chi connectivity index (χ1) is 15.3. The number of rotatable bonds is 4. The number of carbonyl (C=O) groups excluding carboxylic acids is 1. The van der Waals surface area contributed by atoms with Crippen LogP contribution in [0, 0.1) is 17.5 Å². The second kappa shape index (κ2) is 8.29. The van der Waals surface area contributed by atoms with Crippen LogP contribution in [0.2, 0.25) is 0 Å². The first kappa shape index (κ1) is 21.9. The fourth-order valence-electron chi connectivity index (χ4n) is 4.42. The molecule has 0 fully saturated rings. The molecule has 32 heavy (non-hydrogen) atoms. The van der Waals surface area contributed by atoms with Gasteiger partial charge in [0, 0.05) is 30.3 Å². The number of benzene rings is 1. The molecular formula is C23H23F3N4O2. The van der Waals surface area contributed by atoms with Gasteiger partial charge in [-0.1, -0.05) is 13.0 Å². The Morgan fingerprint density at radius 2 is 1.91 bits per heavy atom. The maximum Gasteiger partial charge on any atom is 0.273 e. The van der Waals surface area contributed by atoms with Crippen LogP contribution < -0.4 is 4.74 Å². The van der Waals surface area contributed by atoms with Gasteiger partial charge in [0.1, 0.15) is 5.69 Å². The van der Waals surface area contributed by atoms with Crippen molar-refractivity contribution in [3.63, 3.8) is 0 Å². The molecule has 9 heteroatoms. The van der Waals surface area contributed by atoms with Gasteiger partial charge in [0.15, 0.2) is 17.5 Å². The van der Waals surface area contributed by atoms with Gasteiger partial charge < -0.3 is 9.64 Å². The van der Waals surface area contributed by atoms with E-state index >= 15 is 0 Å². The topological polar surface area (TPSA) is 60.2 Å². The van der Waals surface area contributed by atoms with Gasteiger partial charge in [-0.2, -0.15) is 5.10 Å². The smallest absolute Gasteiger partial charge is 0.273 e. The van der Waals surface area contributed by atoms with E-state index in [0.29, 0.717) is 30.1 Å². The Kier molecular flexibility index (Phi) is 5.66. The molecule has 0 radical (unpaired) electrons. The van der Waals surface area contributed by atoms with E-state index in [0.717, 1.165) is 17.7 Å². The lowest BCUT2D eigenvalue weighted by molar-refractivity contribution is 0.0538. The lowest BCUT2D eigenvalue weighted by Gasteiger charge is -2.39. The number of aromatic nitrogens is 3. The first-order valence-electron chi connectivity index (χ1n) is 10.3. The minimum absolute atomic E-state index is 0.184. The highest BCUT2D eigenvalue weighted by atomic mass is 19.2. The van der Waals surface area contributed by atoms with Crippen LogP contribution in [0.1, 0.15) is 48.1 Å². The van der Waals surface area contributed by atoms with Gasteiger partial charge in [-0.05, 0) is 38.0 Å². The zero-order chi connectivity index (χ0) is 23.2. The van der Waals surface area contributed by atoms with Crippen molar-refractivity contribution in [1.82, 2.24) is 19.7 Å².